The van der Waals surface area contributed by atoms with Gasteiger partial charge < -0.3 is 4.74 Å². The van der Waals surface area contributed by atoms with E-state index in [0.29, 0.717) is 4.68 Å². The maximum Gasteiger partial charge on any atom is 0.358 e. The Morgan fingerprint density at radius 1 is 1.77 bits per heavy atom. The van der Waals surface area contributed by atoms with Crippen molar-refractivity contribution in [1.29, 1.82) is 0 Å². The van der Waals surface area contributed by atoms with Gasteiger partial charge in [0.1, 0.15) is 0 Å². The average molecular weight is 190 g/mol. The zero-order chi connectivity index (χ0) is 9.84. The van der Waals surface area contributed by atoms with Crippen molar-refractivity contribution >= 4 is 5.97 Å². The molecular formula is C7H8F2N2O2. The number of nitrogens with zero attached hydrogens (tertiary/aromatic N) is 2. The average Bonchev–Trinajstić information content (AvgIpc) is 2.52. The first kappa shape index (κ1) is 9.63. The summed E-state index contributed by atoms with van der Waals surface area (Å²) >= 11 is 0. The predicted molar refractivity (Wildman–Crippen MR) is 39.4 cm³/mol. The molecule has 0 atom stereocenters. The number of carbonyl (C=O) groups is 1. The fraction of sp³-hybridized carbons (Fsp3) is 0.429. The first-order chi connectivity index (χ1) is 6.15. The van der Waals surface area contributed by atoms with Crippen LogP contribution in [0.15, 0.2) is 12.3 Å². The fourth-order valence-electron chi connectivity index (χ4n) is 0.761. The second-order valence-corrected chi connectivity index (χ2v) is 2.18. The Labute approximate surface area is 73.1 Å². The first-order valence-electron chi connectivity index (χ1n) is 3.65. The van der Waals surface area contributed by atoms with Crippen molar-refractivity contribution in [2.45, 2.75) is 13.5 Å². The van der Waals surface area contributed by atoms with E-state index in [4.69, 9.17) is 0 Å². The van der Waals surface area contributed by atoms with Gasteiger partial charge in [0.15, 0.2) is 5.69 Å². The maximum absolute atomic E-state index is 12.0. The summed E-state index contributed by atoms with van der Waals surface area (Å²) in [6.45, 7) is -0.911. The van der Waals surface area contributed by atoms with Crippen LogP contribution >= 0.6 is 0 Å². The van der Waals surface area contributed by atoms with Crippen LogP contribution < -0.4 is 0 Å². The van der Waals surface area contributed by atoms with Crippen LogP contribution in [0.25, 0.3) is 0 Å². The maximum atomic E-state index is 12.0. The van der Waals surface area contributed by atoms with Crippen molar-refractivity contribution in [2.24, 2.45) is 0 Å². The Kier molecular flexibility index (Phi) is 2.94. The van der Waals surface area contributed by atoms with E-state index in [9.17, 15) is 13.6 Å². The van der Waals surface area contributed by atoms with Crippen LogP contribution in [0.2, 0.25) is 0 Å². The van der Waals surface area contributed by atoms with Crippen molar-refractivity contribution in [2.75, 3.05) is 6.61 Å². The Balaban J connectivity index is 2.73. The summed E-state index contributed by atoms with van der Waals surface area (Å²) in [4.78, 5) is 10.9. The molecule has 1 aromatic rings. The van der Waals surface area contributed by atoms with Crippen molar-refractivity contribution < 1.29 is 18.3 Å². The number of halogens is 2. The van der Waals surface area contributed by atoms with Gasteiger partial charge in [-0.3, -0.25) is 0 Å². The van der Waals surface area contributed by atoms with Gasteiger partial charge in [-0.15, -0.1) is 0 Å². The Morgan fingerprint density at radius 3 is 2.92 bits per heavy atom. The van der Waals surface area contributed by atoms with Gasteiger partial charge in [0, 0.05) is 6.20 Å². The predicted octanol–water partition coefficient (Wildman–Crippen LogP) is 1.45. The van der Waals surface area contributed by atoms with Crippen LogP contribution in [0, 0.1) is 0 Å². The smallest absolute Gasteiger partial charge is 0.358 e. The molecule has 1 rings (SSSR count). The minimum Gasteiger partial charge on any atom is -0.461 e. The summed E-state index contributed by atoms with van der Waals surface area (Å²) in [5.41, 5.74) is -0.109. The van der Waals surface area contributed by atoms with E-state index in [0.717, 1.165) is 6.20 Å². The molecular weight excluding hydrogens is 182 g/mol. The van der Waals surface area contributed by atoms with E-state index in [1.165, 1.54) is 6.07 Å². The third-order valence-corrected chi connectivity index (χ3v) is 1.29. The molecule has 0 spiro atoms. The van der Waals surface area contributed by atoms with Crippen molar-refractivity contribution in [3.8, 4) is 0 Å². The second-order valence-electron chi connectivity index (χ2n) is 2.18. The van der Waals surface area contributed by atoms with Gasteiger partial charge in [-0.2, -0.15) is 13.9 Å². The van der Waals surface area contributed by atoms with E-state index in [1.54, 1.807) is 6.92 Å². The Bertz CT molecular complexity index is 298. The zero-order valence-electron chi connectivity index (χ0n) is 6.91. The molecule has 13 heavy (non-hydrogen) atoms. The number of ether oxygens (including phenoxy) is 1. The van der Waals surface area contributed by atoms with Crippen LogP contribution in [-0.4, -0.2) is 22.4 Å². The third-order valence-electron chi connectivity index (χ3n) is 1.29. The molecule has 0 saturated heterocycles. The second kappa shape index (κ2) is 3.97. The minimum atomic E-state index is -2.73. The monoisotopic (exact) mass is 190 g/mol. The molecule has 0 radical (unpaired) electrons. The highest BCUT2D eigenvalue weighted by molar-refractivity contribution is 5.86. The van der Waals surface area contributed by atoms with Gasteiger partial charge in [0.2, 0.25) is 0 Å². The zero-order valence-corrected chi connectivity index (χ0v) is 6.91. The number of alkyl halides is 2. The summed E-state index contributed by atoms with van der Waals surface area (Å²) in [6.07, 6.45) is 1.02. The Morgan fingerprint density at radius 2 is 2.46 bits per heavy atom. The fourth-order valence-corrected chi connectivity index (χ4v) is 0.761. The van der Waals surface area contributed by atoms with E-state index in [-0.39, 0.29) is 12.3 Å². The molecule has 0 bridgehead atoms. The van der Waals surface area contributed by atoms with Gasteiger partial charge in [-0.1, -0.05) is 0 Å². The highest BCUT2D eigenvalue weighted by atomic mass is 19.3. The highest BCUT2D eigenvalue weighted by Gasteiger charge is 2.13. The molecule has 1 heterocycles. The van der Waals surface area contributed by atoms with E-state index in [2.05, 4.69) is 9.84 Å². The molecule has 0 aliphatic heterocycles. The molecule has 0 saturated carbocycles. The highest BCUT2D eigenvalue weighted by Crippen LogP contribution is 2.09. The summed E-state index contributed by atoms with van der Waals surface area (Å²) in [5, 5.41) is 3.32. The number of carbonyl (C=O) groups excluding carboxylic acids is 1. The van der Waals surface area contributed by atoms with Crippen molar-refractivity contribution in [3.05, 3.63) is 18.0 Å². The lowest BCUT2D eigenvalue weighted by Crippen LogP contribution is -2.07. The van der Waals surface area contributed by atoms with Crippen LogP contribution in [0.5, 0.6) is 0 Å². The quantitative estimate of drug-likeness (QED) is 0.677. The molecule has 0 aromatic carbocycles. The lowest BCUT2D eigenvalue weighted by molar-refractivity contribution is 0.0480. The SMILES string of the molecule is CCOC(=O)c1ccn(C(F)F)n1. The standard InChI is InChI=1S/C7H8F2N2O2/c1-2-13-6(12)5-3-4-11(10-5)7(8)9/h3-4,7H,2H2,1H3. The number of esters is 1. The minimum absolute atomic E-state index is 0.109. The molecule has 4 nitrogen and oxygen atoms in total. The molecule has 72 valence electrons. The van der Waals surface area contributed by atoms with E-state index < -0.39 is 12.5 Å². The van der Waals surface area contributed by atoms with Gasteiger partial charge in [-0.05, 0) is 13.0 Å². The third kappa shape index (κ3) is 2.24. The summed E-state index contributed by atoms with van der Waals surface area (Å²) in [6, 6.07) is 1.18. The van der Waals surface area contributed by atoms with Crippen LogP contribution in [0.1, 0.15) is 24.0 Å². The van der Waals surface area contributed by atoms with Gasteiger partial charge in [0.25, 0.3) is 0 Å². The molecule has 0 N–H and O–H groups in total. The number of rotatable bonds is 3. The van der Waals surface area contributed by atoms with E-state index >= 15 is 0 Å². The summed E-state index contributed by atoms with van der Waals surface area (Å²) in [7, 11) is 0. The lowest BCUT2D eigenvalue weighted by Gasteiger charge is -1.97. The largest absolute Gasteiger partial charge is 0.461 e. The van der Waals surface area contributed by atoms with Gasteiger partial charge >= 0.3 is 12.5 Å². The van der Waals surface area contributed by atoms with Gasteiger partial charge in [0.05, 0.1) is 6.61 Å². The molecule has 6 heteroatoms. The first-order valence-corrected chi connectivity index (χ1v) is 3.65. The number of aromatic nitrogens is 2. The Hall–Kier alpha value is -1.46. The number of hydrogen-bond acceptors (Lipinski definition) is 3. The molecule has 0 aliphatic carbocycles. The van der Waals surface area contributed by atoms with Crippen LogP contribution in [0.3, 0.4) is 0 Å². The van der Waals surface area contributed by atoms with Crippen LogP contribution in [0.4, 0.5) is 8.78 Å². The molecule has 0 fully saturated rings. The number of hydrogen-bond donors (Lipinski definition) is 0. The lowest BCUT2D eigenvalue weighted by atomic mass is 10.4. The van der Waals surface area contributed by atoms with Gasteiger partial charge in [-0.25, -0.2) is 9.48 Å². The van der Waals surface area contributed by atoms with Crippen molar-refractivity contribution in [1.82, 2.24) is 9.78 Å². The van der Waals surface area contributed by atoms with Crippen molar-refractivity contribution in [3.63, 3.8) is 0 Å². The molecule has 0 amide bonds. The van der Waals surface area contributed by atoms with E-state index in [1.807, 2.05) is 0 Å². The summed E-state index contributed by atoms with van der Waals surface area (Å²) in [5.74, 6) is -0.693. The van der Waals surface area contributed by atoms with Crippen LogP contribution in [-0.2, 0) is 4.74 Å². The normalized spacial score (nSPS) is 10.5. The molecule has 0 unspecified atom stereocenters. The molecule has 1 aromatic heterocycles. The topological polar surface area (TPSA) is 44.1 Å². The summed E-state index contributed by atoms with van der Waals surface area (Å²) < 4.78 is 28.9. The molecule has 0 aliphatic rings.